The molecule has 1 N–H and O–H groups in total. The van der Waals surface area contributed by atoms with E-state index in [9.17, 15) is 14.9 Å². The molecule has 0 fully saturated rings. The predicted molar refractivity (Wildman–Crippen MR) is 99.1 cm³/mol. The number of aryl methyl sites for hydroxylation is 1. The third kappa shape index (κ3) is 4.87. The molecule has 0 aliphatic rings. The summed E-state index contributed by atoms with van der Waals surface area (Å²) in [6.45, 7) is 1.83. The number of carbonyl (C=O) groups excluding carboxylic acids is 1. The van der Waals surface area contributed by atoms with E-state index in [1.807, 2.05) is 6.92 Å². The van der Waals surface area contributed by atoms with Gasteiger partial charge in [-0.15, -0.1) is 11.8 Å². The van der Waals surface area contributed by atoms with Crippen molar-refractivity contribution < 1.29 is 9.72 Å². The molecule has 0 saturated heterocycles. The van der Waals surface area contributed by atoms with Crippen LogP contribution in [0.1, 0.15) is 11.1 Å². The topological polar surface area (TPSA) is 72.2 Å². The Hall–Kier alpha value is -1.76. The Morgan fingerprint density at radius 2 is 1.88 bits per heavy atom. The second-order valence-corrected chi connectivity index (χ2v) is 6.79. The van der Waals surface area contributed by atoms with Gasteiger partial charge >= 0.3 is 0 Å². The van der Waals surface area contributed by atoms with Crippen LogP contribution in [0.3, 0.4) is 0 Å². The molecule has 1 amide bonds. The maximum absolute atomic E-state index is 12.0. The van der Waals surface area contributed by atoms with Gasteiger partial charge in [0.1, 0.15) is 0 Å². The van der Waals surface area contributed by atoms with Crippen molar-refractivity contribution in [3.8, 4) is 0 Å². The van der Waals surface area contributed by atoms with Crippen LogP contribution in [-0.2, 0) is 10.5 Å². The molecule has 0 aliphatic heterocycles. The molecule has 2 rings (SSSR count). The minimum absolute atomic E-state index is 0.0465. The second kappa shape index (κ2) is 8.37. The summed E-state index contributed by atoms with van der Waals surface area (Å²) < 4.78 is 0. The molecule has 0 bridgehead atoms. The number of nitrogens with one attached hydrogen (secondary N) is 1. The summed E-state index contributed by atoms with van der Waals surface area (Å²) >= 11 is 13.6. The van der Waals surface area contributed by atoms with E-state index in [0.717, 1.165) is 11.1 Å². The Morgan fingerprint density at radius 3 is 2.50 bits per heavy atom. The molecule has 0 aromatic heterocycles. The summed E-state index contributed by atoms with van der Waals surface area (Å²) in [6.07, 6.45) is 0. The van der Waals surface area contributed by atoms with Crippen molar-refractivity contribution in [2.45, 2.75) is 12.7 Å². The predicted octanol–water partition coefficient (Wildman–Crippen LogP) is 5.08. The van der Waals surface area contributed by atoms with E-state index in [1.165, 1.54) is 23.9 Å². The molecule has 2 aromatic carbocycles. The molecule has 2 aromatic rings. The van der Waals surface area contributed by atoms with Gasteiger partial charge in [-0.1, -0.05) is 41.4 Å². The largest absolute Gasteiger partial charge is 0.323 e. The van der Waals surface area contributed by atoms with E-state index in [0.29, 0.717) is 21.5 Å². The maximum Gasteiger partial charge on any atom is 0.269 e. The van der Waals surface area contributed by atoms with Gasteiger partial charge in [-0.05, 0) is 24.1 Å². The van der Waals surface area contributed by atoms with Crippen molar-refractivity contribution in [2.24, 2.45) is 0 Å². The fourth-order valence-corrected chi connectivity index (χ4v) is 3.18. The Labute approximate surface area is 153 Å². The van der Waals surface area contributed by atoms with Gasteiger partial charge in [0.15, 0.2) is 0 Å². The summed E-state index contributed by atoms with van der Waals surface area (Å²) in [6, 6.07) is 9.71. The minimum Gasteiger partial charge on any atom is -0.323 e. The molecule has 0 saturated carbocycles. The fourth-order valence-electron chi connectivity index (χ4n) is 1.92. The number of nitro groups is 1. The van der Waals surface area contributed by atoms with Crippen molar-refractivity contribution >= 4 is 52.2 Å². The molecule has 5 nitrogen and oxygen atoms in total. The number of hydrogen-bond donors (Lipinski definition) is 1. The van der Waals surface area contributed by atoms with Gasteiger partial charge in [-0.3, -0.25) is 14.9 Å². The number of carbonyl (C=O) groups is 1. The van der Waals surface area contributed by atoms with Crippen LogP contribution in [0.15, 0.2) is 36.4 Å². The first-order valence-electron chi connectivity index (χ1n) is 6.94. The lowest BCUT2D eigenvalue weighted by atomic mass is 10.2. The minimum atomic E-state index is -0.445. The molecule has 126 valence electrons. The standard InChI is InChI=1S/C16H14Cl2N2O3S/c1-10-2-7-13(17)16(15(10)18)19-14(21)9-24-8-11-3-5-12(6-4-11)20(22)23/h2-7H,8-9H2,1H3,(H,19,21). The zero-order valence-electron chi connectivity index (χ0n) is 12.7. The van der Waals surface area contributed by atoms with Crippen molar-refractivity contribution in [1.29, 1.82) is 0 Å². The Balaban J connectivity index is 1.88. The van der Waals surface area contributed by atoms with Gasteiger partial charge in [0.2, 0.25) is 5.91 Å². The normalized spacial score (nSPS) is 10.5. The molecule has 0 spiro atoms. The van der Waals surface area contributed by atoms with Gasteiger partial charge in [0, 0.05) is 17.9 Å². The quantitative estimate of drug-likeness (QED) is 0.556. The molecule has 24 heavy (non-hydrogen) atoms. The number of anilines is 1. The Morgan fingerprint density at radius 1 is 1.21 bits per heavy atom. The lowest BCUT2D eigenvalue weighted by Gasteiger charge is -2.11. The number of halogens is 2. The molecular weight excluding hydrogens is 371 g/mol. The van der Waals surface area contributed by atoms with Crippen molar-refractivity contribution in [1.82, 2.24) is 0 Å². The fraction of sp³-hybridized carbons (Fsp3) is 0.188. The first-order valence-corrected chi connectivity index (χ1v) is 8.85. The molecular formula is C16H14Cl2N2O3S. The van der Waals surface area contributed by atoms with Crippen LogP contribution in [0.5, 0.6) is 0 Å². The van der Waals surface area contributed by atoms with Gasteiger partial charge in [-0.2, -0.15) is 0 Å². The van der Waals surface area contributed by atoms with Crippen LogP contribution >= 0.6 is 35.0 Å². The smallest absolute Gasteiger partial charge is 0.269 e. The summed E-state index contributed by atoms with van der Waals surface area (Å²) in [4.78, 5) is 22.2. The van der Waals surface area contributed by atoms with Gasteiger partial charge in [0.05, 0.1) is 26.4 Å². The second-order valence-electron chi connectivity index (χ2n) is 5.02. The van der Waals surface area contributed by atoms with Gasteiger partial charge < -0.3 is 5.32 Å². The third-order valence-electron chi connectivity index (χ3n) is 3.20. The number of benzene rings is 2. The summed E-state index contributed by atoms with van der Waals surface area (Å²) in [5.41, 5.74) is 2.20. The van der Waals surface area contributed by atoms with Crippen LogP contribution in [-0.4, -0.2) is 16.6 Å². The number of nitrogens with zero attached hydrogens (tertiary/aromatic N) is 1. The van der Waals surface area contributed by atoms with Crippen LogP contribution in [0.4, 0.5) is 11.4 Å². The van der Waals surface area contributed by atoms with Crippen molar-refractivity contribution in [3.05, 3.63) is 67.7 Å². The average Bonchev–Trinajstić information content (AvgIpc) is 2.55. The van der Waals surface area contributed by atoms with E-state index < -0.39 is 4.92 Å². The van der Waals surface area contributed by atoms with Crippen LogP contribution in [0.2, 0.25) is 10.0 Å². The SMILES string of the molecule is Cc1ccc(Cl)c(NC(=O)CSCc2ccc([N+](=O)[O-])cc2)c1Cl. The van der Waals surface area contributed by atoms with Crippen LogP contribution < -0.4 is 5.32 Å². The maximum atomic E-state index is 12.0. The molecule has 0 atom stereocenters. The number of nitro benzene ring substituents is 1. The Bertz CT molecular complexity index is 767. The number of hydrogen-bond acceptors (Lipinski definition) is 4. The summed E-state index contributed by atoms with van der Waals surface area (Å²) in [7, 11) is 0. The van der Waals surface area contributed by atoms with E-state index >= 15 is 0 Å². The third-order valence-corrected chi connectivity index (χ3v) is 5.00. The monoisotopic (exact) mass is 384 g/mol. The van der Waals surface area contributed by atoms with Gasteiger partial charge in [0.25, 0.3) is 5.69 Å². The van der Waals surface area contributed by atoms with Gasteiger partial charge in [-0.25, -0.2) is 0 Å². The molecule has 0 heterocycles. The summed E-state index contributed by atoms with van der Waals surface area (Å²) in [5.74, 6) is 0.578. The highest BCUT2D eigenvalue weighted by Gasteiger charge is 2.12. The number of thioether (sulfide) groups is 1. The van der Waals surface area contributed by atoms with E-state index in [-0.39, 0.29) is 17.3 Å². The van der Waals surface area contributed by atoms with Crippen LogP contribution in [0, 0.1) is 17.0 Å². The summed E-state index contributed by atoms with van der Waals surface area (Å²) in [5, 5.41) is 14.1. The van der Waals surface area contributed by atoms with Crippen molar-refractivity contribution in [3.63, 3.8) is 0 Å². The highest BCUT2D eigenvalue weighted by Crippen LogP contribution is 2.33. The molecule has 0 radical (unpaired) electrons. The highest BCUT2D eigenvalue weighted by atomic mass is 35.5. The van der Waals surface area contributed by atoms with Crippen LogP contribution in [0.25, 0.3) is 0 Å². The molecule has 0 aliphatic carbocycles. The highest BCUT2D eigenvalue weighted by molar-refractivity contribution is 7.99. The van der Waals surface area contributed by atoms with E-state index in [1.54, 1.807) is 24.3 Å². The number of non-ortho nitro benzene ring substituents is 1. The lowest BCUT2D eigenvalue weighted by Crippen LogP contribution is -2.15. The first-order chi connectivity index (χ1) is 11.4. The van der Waals surface area contributed by atoms with E-state index in [4.69, 9.17) is 23.2 Å². The number of rotatable bonds is 6. The average molecular weight is 385 g/mol. The first kappa shape index (κ1) is 18.6. The van der Waals surface area contributed by atoms with Crippen molar-refractivity contribution in [2.75, 3.05) is 11.1 Å². The number of amides is 1. The van der Waals surface area contributed by atoms with E-state index in [2.05, 4.69) is 5.32 Å². The molecule has 0 unspecified atom stereocenters. The Kier molecular flexibility index (Phi) is 6.48. The zero-order valence-corrected chi connectivity index (χ0v) is 15.0. The lowest BCUT2D eigenvalue weighted by molar-refractivity contribution is -0.384. The zero-order chi connectivity index (χ0) is 17.7. The molecule has 8 heteroatoms.